The number of hydrogen-bond donors (Lipinski definition) is 0. The van der Waals surface area contributed by atoms with Crippen LogP contribution in [0.4, 0.5) is 4.39 Å². The van der Waals surface area contributed by atoms with Crippen molar-refractivity contribution in [1.82, 2.24) is 0 Å². The Labute approximate surface area is 128 Å². The molecule has 1 aromatic rings. The summed E-state index contributed by atoms with van der Waals surface area (Å²) in [4.78, 5) is 0. The quantitative estimate of drug-likeness (QED) is 0.372. The van der Waals surface area contributed by atoms with Crippen LogP contribution in [-0.4, -0.2) is 11.9 Å². The fraction of sp³-hybridized carbons (Fsp3) is 0.600. The van der Waals surface area contributed by atoms with Crippen LogP contribution < -0.4 is 4.74 Å². The van der Waals surface area contributed by atoms with Crippen LogP contribution in [0.15, 0.2) is 18.2 Å². The molecule has 0 radical (unpaired) electrons. The second kappa shape index (κ2) is 10.5. The van der Waals surface area contributed by atoms with E-state index in [0.717, 1.165) is 11.8 Å². The zero-order valence-corrected chi connectivity index (χ0v) is 13.5. The highest BCUT2D eigenvalue weighted by Crippen LogP contribution is 2.21. The van der Waals surface area contributed by atoms with Crippen LogP contribution in [0.5, 0.6) is 5.75 Å². The van der Waals surface area contributed by atoms with E-state index in [4.69, 9.17) is 16.3 Å². The number of alkyl halides is 1. The summed E-state index contributed by atoms with van der Waals surface area (Å²) in [5.74, 6) is 0.237. The van der Waals surface area contributed by atoms with E-state index >= 15 is 0 Å². The highest BCUT2D eigenvalue weighted by atomic mass is 79.9. The first-order chi connectivity index (χ1) is 9.24. The van der Waals surface area contributed by atoms with Crippen molar-refractivity contribution in [1.29, 1.82) is 0 Å². The maximum atomic E-state index is 12.9. The summed E-state index contributed by atoms with van der Waals surface area (Å²) >= 11 is 9.11. The number of halogens is 3. The van der Waals surface area contributed by atoms with Crippen molar-refractivity contribution < 1.29 is 9.13 Å². The molecule has 1 nitrogen and oxygen atoms in total. The molecule has 0 amide bonds. The molecule has 0 aliphatic heterocycles. The zero-order chi connectivity index (χ0) is 13.9. The van der Waals surface area contributed by atoms with Crippen LogP contribution in [0, 0.1) is 5.82 Å². The van der Waals surface area contributed by atoms with Gasteiger partial charge in [-0.25, -0.2) is 4.39 Å². The summed E-state index contributed by atoms with van der Waals surface area (Å²) in [5.41, 5.74) is 0. The third-order valence-corrected chi connectivity index (χ3v) is 3.79. The maximum absolute atomic E-state index is 12.9. The second-order valence-corrected chi connectivity index (χ2v) is 5.79. The van der Waals surface area contributed by atoms with Gasteiger partial charge < -0.3 is 4.74 Å². The first kappa shape index (κ1) is 16.8. The van der Waals surface area contributed by atoms with Crippen molar-refractivity contribution in [2.45, 2.75) is 44.9 Å². The molecule has 4 heteroatoms. The van der Waals surface area contributed by atoms with Gasteiger partial charge in [0, 0.05) is 11.4 Å². The molecule has 19 heavy (non-hydrogen) atoms. The average Bonchev–Trinajstić information content (AvgIpc) is 2.41. The maximum Gasteiger partial charge on any atom is 0.142 e. The highest BCUT2D eigenvalue weighted by molar-refractivity contribution is 9.09. The third-order valence-electron chi connectivity index (χ3n) is 2.94. The lowest BCUT2D eigenvalue weighted by molar-refractivity contribution is 0.304. The molecule has 0 saturated carbocycles. The topological polar surface area (TPSA) is 9.23 Å². The van der Waals surface area contributed by atoms with E-state index in [1.165, 1.54) is 50.7 Å². The van der Waals surface area contributed by atoms with Crippen LogP contribution in [0.2, 0.25) is 5.02 Å². The highest BCUT2D eigenvalue weighted by Gasteiger charge is 2.01. The van der Waals surface area contributed by atoms with E-state index in [2.05, 4.69) is 15.9 Å². The number of hydrogen-bond acceptors (Lipinski definition) is 1. The Morgan fingerprint density at radius 1 is 1.00 bits per heavy atom. The van der Waals surface area contributed by atoms with E-state index in [-0.39, 0.29) is 5.02 Å². The largest absolute Gasteiger partial charge is 0.494 e. The van der Waals surface area contributed by atoms with Crippen LogP contribution >= 0.6 is 27.5 Å². The van der Waals surface area contributed by atoms with Crippen LogP contribution in [0.25, 0.3) is 0 Å². The lowest BCUT2D eigenvalue weighted by Gasteiger charge is -2.06. The zero-order valence-electron chi connectivity index (χ0n) is 11.1. The minimum absolute atomic E-state index is 0.115. The fourth-order valence-corrected chi connectivity index (χ4v) is 2.40. The Hall–Kier alpha value is -0.280. The Kier molecular flexibility index (Phi) is 9.27. The molecule has 1 aromatic carbocycles. The van der Waals surface area contributed by atoms with Crippen LogP contribution in [0.1, 0.15) is 44.9 Å². The summed E-state index contributed by atoms with van der Waals surface area (Å²) in [6, 6.07) is 4.47. The number of ether oxygens (including phenoxy) is 1. The molecule has 108 valence electrons. The minimum atomic E-state index is -0.405. The van der Waals surface area contributed by atoms with E-state index < -0.39 is 5.82 Å². The van der Waals surface area contributed by atoms with Crippen LogP contribution in [-0.2, 0) is 0 Å². The molecule has 0 spiro atoms. The number of rotatable bonds is 10. The van der Waals surface area contributed by atoms with Gasteiger partial charge in [-0.3, -0.25) is 0 Å². The second-order valence-electron chi connectivity index (χ2n) is 4.59. The van der Waals surface area contributed by atoms with Gasteiger partial charge in [-0.1, -0.05) is 59.6 Å². The molecule has 0 atom stereocenters. The first-order valence-electron chi connectivity index (χ1n) is 6.88. The SMILES string of the molecule is Fc1ccc(OCCCCCCCCCBr)cc1Cl. The van der Waals surface area contributed by atoms with Gasteiger partial charge in [-0.15, -0.1) is 0 Å². The lowest BCUT2D eigenvalue weighted by Crippen LogP contribution is -1.97. The van der Waals surface area contributed by atoms with E-state index in [1.54, 1.807) is 6.07 Å². The molecular weight excluding hydrogens is 331 g/mol. The van der Waals surface area contributed by atoms with Gasteiger partial charge in [0.2, 0.25) is 0 Å². The molecule has 0 fully saturated rings. The van der Waals surface area contributed by atoms with Gasteiger partial charge in [-0.05, 0) is 25.0 Å². The predicted octanol–water partition coefficient (Wildman–Crippen LogP) is 5.98. The van der Waals surface area contributed by atoms with Gasteiger partial charge in [0.05, 0.1) is 11.6 Å². The van der Waals surface area contributed by atoms with E-state index in [9.17, 15) is 4.39 Å². The third kappa shape index (κ3) is 7.78. The Morgan fingerprint density at radius 2 is 1.63 bits per heavy atom. The molecular formula is C15H21BrClFO. The molecule has 0 N–H and O–H groups in total. The molecule has 0 heterocycles. The summed E-state index contributed by atoms with van der Waals surface area (Å²) in [5, 5.41) is 1.23. The molecule has 0 aliphatic carbocycles. The van der Waals surface area contributed by atoms with Crippen molar-refractivity contribution >= 4 is 27.5 Å². The van der Waals surface area contributed by atoms with Crippen molar-refractivity contribution in [3.05, 3.63) is 29.0 Å². The van der Waals surface area contributed by atoms with Crippen molar-refractivity contribution in [2.24, 2.45) is 0 Å². The number of benzene rings is 1. The van der Waals surface area contributed by atoms with Gasteiger partial charge in [0.15, 0.2) is 0 Å². The van der Waals surface area contributed by atoms with Gasteiger partial charge in [-0.2, -0.15) is 0 Å². The van der Waals surface area contributed by atoms with Gasteiger partial charge in [0.25, 0.3) is 0 Å². The smallest absolute Gasteiger partial charge is 0.142 e. The monoisotopic (exact) mass is 350 g/mol. The Morgan fingerprint density at radius 3 is 2.26 bits per heavy atom. The standard InChI is InChI=1S/C15H21BrClFO/c16-10-6-4-2-1-3-5-7-11-19-13-8-9-15(18)14(17)12-13/h8-9,12H,1-7,10-11H2. The Balaban J connectivity index is 2.00. The van der Waals surface area contributed by atoms with Gasteiger partial charge in [0.1, 0.15) is 11.6 Å². The summed E-state index contributed by atoms with van der Waals surface area (Å²) in [6.45, 7) is 0.670. The summed E-state index contributed by atoms with van der Waals surface area (Å²) < 4.78 is 18.5. The molecule has 1 rings (SSSR count). The fourth-order valence-electron chi connectivity index (χ4n) is 1.84. The summed E-state index contributed by atoms with van der Waals surface area (Å²) in [7, 11) is 0. The van der Waals surface area contributed by atoms with Crippen molar-refractivity contribution in [3.63, 3.8) is 0 Å². The van der Waals surface area contributed by atoms with Crippen LogP contribution in [0.3, 0.4) is 0 Å². The van der Waals surface area contributed by atoms with Gasteiger partial charge >= 0.3 is 0 Å². The molecule has 0 unspecified atom stereocenters. The molecule has 0 aliphatic rings. The molecule has 0 saturated heterocycles. The minimum Gasteiger partial charge on any atom is -0.494 e. The predicted molar refractivity (Wildman–Crippen MR) is 83.0 cm³/mol. The lowest BCUT2D eigenvalue weighted by atomic mass is 10.1. The van der Waals surface area contributed by atoms with E-state index in [0.29, 0.717) is 12.4 Å². The van der Waals surface area contributed by atoms with Crippen molar-refractivity contribution in [3.8, 4) is 5.75 Å². The average molecular weight is 352 g/mol. The Bertz CT molecular complexity index is 360. The molecule has 0 aromatic heterocycles. The number of unbranched alkanes of at least 4 members (excludes halogenated alkanes) is 6. The first-order valence-corrected chi connectivity index (χ1v) is 8.38. The normalized spacial score (nSPS) is 10.7. The van der Waals surface area contributed by atoms with E-state index in [1.807, 2.05) is 0 Å². The molecule has 0 bridgehead atoms. The van der Waals surface area contributed by atoms with Crippen molar-refractivity contribution in [2.75, 3.05) is 11.9 Å². The summed E-state index contributed by atoms with van der Waals surface area (Å²) in [6.07, 6.45) is 8.69.